The van der Waals surface area contributed by atoms with E-state index in [1.54, 1.807) is 7.11 Å². The first-order chi connectivity index (χ1) is 8.19. The maximum atomic E-state index is 6.15. The molecule has 0 radical (unpaired) electrons. The van der Waals surface area contributed by atoms with Crippen molar-refractivity contribution in [3.05, 3.63) is 28.8 Å². The summed E-state index contributed by atoms with van der Waals surface area (Å²) in [6.07, 6.45) is 6.00. The summed E-state index contributed by atoms with van der Waals surface area (Å²) in [7, 11) is 1.62. The zero-order valence-electron chi connectivity index (χ0n) is 10.7. The molecule has 0 aliphatic rings. The molecule has 3 heteroatoms. The van der Waals surface area contributed by atoms with Crippen LogP contribution in [-0.4, -0.2) is 7.11 Å². The molecule has 1 aromatic rings. The molecule has 1 aromatic carbocycles. The van der Waals surface area contributed by atoms with Crippen molar-refractivity contribution in [3.8, 4) is 5.75 Å². The van der Waals surface area contributed by atoms with Crippen LogP contribution >= 0.6 is 11.6 Å². The number of nitrogens with two attached hydrogens (primary N) is 1. The van der Waals surface area contributed by atoms with E-state index in [1.807, 2.05) is 18.2 Å². The molecule has 0 aliphatic carbocycles. The predicted octanol–water partition coefficient (Wildman–Crippen LogP) is 4.32. The summed E-state index contributed by atoms with van der Waals surface area (Å²) >= 11 is 5.98. The Bertz CT molecular complexity index is 341. The van der Waals surface area contributed by atoms with Crippen molar-refractivity contribution < 1.29 is 4.74 Å². The van der Waals surface area contributed by atoms with Crippen LogP contribution in [0.15, 0.2) is 18.2 Å². The zero-order chi connectivity index (χ0) is 12.7. The first-order valence-electron chi connectivity index (χ1n) is 6.28. The van der Waals surface area contributed by atoms with E-state index in [9.17, 15) is 0 Å². The average Bonchev–Trinajstić information content (AvgIpc) is 2.35. The third-order valence-electron chi connectivity index (χ3n) is 2.97. The van der Waals surface area contributed by atoms with Crippen LogP contribution in [-0.2, 0) is 0 Å². The van der Waals surface area contributed by atoms with E-state index in [0.29, 0.717) is 10.8 Å². The van der Waals surface area contributed by atoms with Gasteiger partial charge in [0.2, 0.25) is 0 Å². The second-order valence-electron chi connectivity index (χ2n) is 4.35. The molecule has 0 spiro atoms. The first kappa shape index (κ1) is 14.3. The Balaban J connectivity index is 2.53. The van der Waals surface area contributed by atoms with E-state index >= 15 is 0 Å². The number of halogens is 1. The minimum Gasteiger partial charge on any atom is -0.495 e. The Hall–Kier alpha value is -0.730. The second kappa shape index (κ2) is 7.57. The molecule has 0 aliphatic heterocycles. The van der Waals surface area contributed by atoms with Gasteiger partial charge in [0, 0.05) is 6.04 Å². The molecular formula is C14H22ClNO. The van der Waals surface area contributed by atoms with Gasteiger partial charge in [-0.1, -0.05) is 50.3 Å². The third-order valence-corrected chi connectivity index (χ3v) is 3.28. The zero-order valence-corrected chi connectivity index (χ0v) is 11.5. The summed E-state index contributed by atoms with van der Waals surface area (Å²) < 4.78 is 5.19. The number of benzene rings is 1. The van der Waals surface area contributed by atoms with Gasteiger partial charge in [0.25, 0.3) is 0 Å². The van der Waals surface area contributed by atoms with Gasteiger partial charge < -0.3 is 10.5 Å². The van der Waals surface area contributed by atoms with Crippen LogP contribution in [0.4, 0.5) is 0 Å². The fraction of sp³-hybridized carbons (Fsp3) is 0.571. The molecule has 0 saturated carbocycles. The summed E-state index contributed by atoms with van der Waals surface area (Å²) in [6.45, 7) is 2.21. The standard InChI is InChI=1S/C14H22ClNO/c1-3-4-5-6-7-13(16)11-8-9-12(15)14(10-11)17-2/h8-10,13H,3-7,16H2,1-2H3. The van der Waals surface area contributed by atoms with Gasteiger partial charge in [-0.25, -0.2) is 0 Å². The maximum absolute atomic E-state index is 6.15. The van der Waals surface area contributed by atoms with Gasteiger partial charge in [-0.05, 0) is 24.1 Å². The van der Waals surface area contributed by atoms with Crippen LogP contribution in [0.5, 0.6) is 5.75 Å². The van der Waals surface area contributed by atoms with Crippen LogP contribution in [0, 0.1) is 0 Å². The third kappa shape index (κ3) is 4.57. The highest BCUT2D eigenvalue weighted by atomic mass is 35.5. The summed E-state index contributed by atoms with van der Waals surface area (Å²) in [6, 6.07) is 5.85. The second-order valence-corrected chi connectivity index (χ2v) is 4.76. The maximum Gasteiger partial charge on any atom is 0.137 e. The summed E-state index contributed by atoms with van der Waals surface area (Å²) in [5.74, 6) is 0.702. The molecule has 17 heavy (non-hydrogen) atoms. The van der Waals surface area contributed by atoms with E-state index in [0.717, 1.165) is 12.0 Å². The fourth-order valence-electron chi connectivity index (χ4n) is 1.86. The molecule has 0 saturated heterocycles. The van der Waals surface area contributed by atoms with Gasteiger partial charge in [-0.3, -0.25) is 0 Å². The topological polar surface area (TPSA) is 35.2 Å². The molecule has 2 nitrogen and oxygen atoms in total. The SMILES string of the molecule is CCCCCCC(N)c1ccc(Cl)c(OC)c1. The number of ether oxygens (including phenoxy) is 1. The van der Waals surface area contributed by atoms with Crippen LogP contribution in [0.25, 0.3) is 0 Å². The number of methoxy groups -OCH3 is 1. The highest BCUT2D eigenvalue weighted by Crippen LogP contribution is 2.28. The Labute approximate surface area is 109 Å². The quantitative estimate of drug-likeness (QED) is 0.737. The Kier molecular flexibility index (Phi) is 6.38. The van der Waals surface area contributed by atoms with Gasteiger partial charge in [-0.15, -0.1) is 0 Å². The highest BCUT2D eigenvalue weighted by molar-refractivity contribution is 6.32. The van der Waals surface area contributed by atoms with Crippen molar-refractivity contribution >= 4 is 11.6 Å². The first-order valence-corrected chi connectivity index (χ1v) is 6.65. The van der Waals surface area contributed by atoms with Gasteiger partial charge in [0.15, 0.2) is 0 Å². The van der Waals surface area contributed by atoms with Crippen LogP contribution in [0.3, 0.4) is 0 Å². The monoisotopic (exact) mass is 255 g/mol. The smallest absolute Gasteiger partial charge is 0.137 e. The van der Waals surface area contributed by atoms with Crippen molar-refractivity contribution in [2.45, 2.75) is 45.1 Å². The summed E-state index contributed by atoms with van der Waals surface area (Å²) in [5.41, 5.74) is 7.25. The lowest BCUT2D eigenvalue weighted by atomic mass is 10.0. The summed E-state index contributed by atoms with van der Waals surface area (Å²) in [4.78, 5) is 0. The van der Waals surface area contributed by atoms with Gasteiger partial charge in [-0.2, -0.15) is 0 Å². The van der Waals surface area contributed by atoms with Crippen molar-refractivity contribution in [3.63, 3.8) is 0 Å². The molecule has 0 heterocycles. The number of hydrogen-bond donors (Lipinski definition) is 1. The van der Waals surface area contributed by atoms with Gasteiger partial charge >= 0.3 is 0 Å². The lowest BCUT2D eigenvalue weighted by molar-refractivity contribution is 0.413. The molecule has 0 aromatic heterocycles. The van der Waals surface area contributed by atoms with Gasteiger partial charge in [0.05, 0.1) is 12.1 Å². The Morgan fingerprint density at radius 1 is 1.29 bits per heavy atom. The number of unbranched alkanes of at least 4 members (excludes halogenated alkanes) is 3. The van der Waals surface area contributed by atoms with E-state index in [2.05, 4.69) is 6.92 Å². The van der Waals surface area contributed by atoms with E-state index in [-0.39, 0.29) is 6.04 Å². The largest absolute Gasteiger partial charge is 0.495 e. The molecule has 1 rings (SSSR count). The minimum atomic E-state index is 0.0815. The van der Waals surface area contributed by atoms with Crippen LogP contribution in [0.2, 0.25) is 5.02 Å². The molecule has 0 fully saturated rings. The Morgan fingerprint density at radius 2 is 2.06 bits per heavy atom. The number of rotatable bonds is 7. The normalized spacial score (nSPS) is 12.5. The molecule has 0 bridgehead atoms. The fourth-order valence-corrected chi connectivity index (χ4v) is 2.06. The molecule has 1 unspecified atom stereocenters. The molecule has 96 valence electrons. The van der Waals surface area contributed by atoms with Crippen molar-refractivity contribution in [2.24, 2.45) is 5.73 Å². The van der Waals surface area contributed by atoms with Crippen LogP contribution < -0.4 is 10.5 Å². The average molecular weight is 256 g/mol. The molecule has 1 atom stereocenters. The molecule has 0 amide bonds. The summed E-state index contributed by atoms with van der Waals surface area (Å²) in [5, 5.41) is 0.634. The van der Waals surface area contributed by atoms with Crippen molar-refractivity contribution in [1.82, 2.24) is 0 Å². The lowest BCUT2D eigenvalue weighted by Crippen LogP contribution is -2.10. The lowest BCUT2D eigenvalue weighted by Gasteiger charge is -2.13. The predicted molar refractivity (Wildman–Crippen MR) is 73.7 cm³/mol. The molecule has 2 N–H and O–H groups in total. The van der Waals surface area contributed by atoms with Crippen molar-refractivity contribution in [2.75, 3.05) is 7.11 Å². The van der Waals surface area contributed by atoms with E-state index in [4.69, 9.17) is 22.1 Å². The Morgan fingerprint density at radius 3 is 2.71 bits per heavy atom. The van der Waals surface area contributed by atoms with Crippen molar-refractivity contribution in [1.29, 1.82) is 0 Å². The minimum absolute atomic E-state index is 0.0815. The molecular weight excluding hydrogens is 234 g/mol. The highest BCUT2D eigenvalue weighted by Gasteiger charge is 2.08. The van der Waals surface area contributed by atoms with E-state index in [1.165, 1.54) is 25.7 Å². The number of hydrogen-bond acceptors (Lipinski definition) is 2. The van der Waals surface area contributed by atoms with Crippen LogP contribution in [0.1, 0.15) is 50.6 Å². The van der Waals surface area contributed by atoms with Gasteiger partial charge in [0.1, 0.15) is 5.75 Å². The van der Waals surface area contributed by atoms with E-state index < -0.39 is 0 Å².